The number of unbranched alkanes of at least 4 members (excludes halogenated alkanes) is 1. The number of ether oxygens (including phenoxy) is 2. The fourth-order valence-corrected chi connectivity index (χ4v) is 2.65. The van der Waals surface area contributed by atoms with E-state index >= 15 is 0 Å². The average molecular weight is 346 g/mol. The Balaban J connectivity index is 2.27. The molecule has 0 radical (unpaired) electrons. The molecule has 0 spiro atoms. The van der Waals surface area contributed by atoms with E-state index in [1.807, 2.05) is 13.0 Å². The number of hydrogen-bond acceptors (Lipinski definition) is 5. The van der Waals surface area contributed by atoms with Crippen LogP contribution in [0, 0.1) is 6.92 Å². The Hall–Kier alpha value is -2.30. The van der Waals surface area contributed by atoms with Gasteiger partial charge < -0.3 is 13.9 Å². The van der Waals surface area contributed by atoms with Crippen LogP contribution < -0.4 is 10.4 Å². The topological polar surface area (TPSA) is 65.7 Å². The molecule has 25 heavy (non-hydrogen) atoms. The third-order valence-corrected chi connectivity index (χ3v) is 3.76. The molecule has 5 nitrogen and oxygen atoms in total. The molecule has 0 atom stereocenters. The van der Waals surface area contributed by atoms with Crippen molar-refractivity contribution < 1.29 is 18.7 Å². The van der Waals surface area contributed by atoms with Crippen LogP contribution in [0.3, 0.4) is 0 Å². The van der Waals surface area contributed by atoms with Crippen LogP contribution in [-0.4, -0.2) is 18.2 Å². The molecule has 0 amide bonds. The second-order valence-corrected chi connectivity index (χ2v) is 7.13. The van der Waals surface area contributed by atoms with E-state index in [0.29, 0.717) is 16.9 Å². The SMILES string of the molecule is CCCCc1cc(=O)oc2c(C)c(OCC(=O)OC(C)(C)C)ccc12. The monoisotopic (exact) mass is 346 g/mol. The molecule has 1 aromatic carbocycles. The minimum atomic E-state index is -0.556. The Morgan fingerprint density at radius 2 is 1.96 bits per heavy atom. The third-order valence-electron chi connectivity index (χ3n) is 3.76. The molecule has 5 heteroatoms. The van der Waals surface area contributed by atoms with Crippen molar-refractivity contribution in [3.05, 3.63) is 39.7 Å². The first kappa shape index (κ1) is 19.0. The summed E-state index contributed by atoms with van der Waals surface area (Å²) in [7, 11) is 0. The number of aryl methyl sites for hydroxylation is 2. The van der Waals surface area contributed by atoms with Crippen molar-refractivity contribution in [1.82, 2.24) is 0 Å². The number of benzene rings is 1. The van der Waals surface area contributed by atoms with Gasteiger partial charge in [-0.1, -0.05) is 13.3 Å². The maximum Gasteiger partial charge on any atom is 0.344 e. The highest BCUT2D eigenvalue weighted by atomic mass is 16.6. The highest BCUT2D eigenvalue weighted by molar-refractivity contribution is 5.85. The Bertz CT molecular complexity index is 811. The molecule has 0 fully saturated rings. The Labute approximate surface area is 147 Å². The predicted octanol–water partition coefficient (Wildman–Crippen LogP) is 4.16. The standard InChI is InChI=1S/C20H26O5/c1-6-7-8-14-11-17(21)24-19-13(2)16(10-9-15(14)19)23-12-18(22)25-20(3,4)5/h9-11H,6-8,12H2,1-5H3. The number of esters is 1. The number of hydrogen-bond donors (Lipinski definition) is 0. The second-order valence-electron chi connectivity index (χ2n) is 7.13. The van der Waals surface area contributed by atoms with Gasteiger partial charge in [0.1, 0.15) is 16.9 Å². The second kappa shape index (κ2) is 7.72. The minimum absolute atomic E-state index is 0.191. The zero-order chi connectivity index (χ0) is 18.6. The minimum Gasteiger partial charge on any atom is -0.481 e. The molecule has 0 saturated carbocycles. The molecule has 0 bridgehead atoms. The van der Waals surface area contributed by atoms with E-state index in [0.717, 1.165) is 30.2 Å². The summed E-state index contributed by atoms with van der Waals surface area (Å²) < 4.78 is 16.2. The zero-order valence-electron chi connectivity index (χ0n) is 15.6. The Kier molecular flexibility index (Phi) is 5.88. The molecule has 0 N–H and O–H groups in total. The molecule has 0 unspecified atom stereocenters. The summed E-state index contributed by atoms with van der Waals surface area (Å²) in [5.41, 5.74) is 1.28. The molecule has 0 aliphatic heterocycles. The van der Waals surface area contributed by atoms with Crippen LogP contribution >= 0.6 is 0 Å². The molecule has 2 rings (SSSR count). The summed E-state index contributed by atoms with van der Waals surface area (Å²) in [4.78, 5) is 23.7. The summed E-state index contributed by atoms with van der Waals surface area (Å²) in [6.07, 6.45) is 2.89. The van der Waals surface area contributed by atoms with Gasteiger partial charge in [0, 0.05) is 17.0 Å². The van der Waals surface area contributed by atoms with Gasteiger partial charge in [0.05, 0.1) is 0 Å². The average Bonchev–Trinajstić information content (AvgIpc) is 2.51. The van der Waals surface area contributed by atoms with Crippen LogP contribution in [-0.2, 0) is 16.0 Å². The lowest BCUT2D eigenvalue weighted by Gasteiger charge is -2.19. The normalized spacial score (nSPS) is 11.6. The number of fused-ring (bicyclic) bond motifs is 1. The van der Waals surface area contributed by atoms with Crippen molar-refractivity contribution >= 4 is 16.9 Å². The molecule has 0 aliphatic carbocycles. The van der Waals surface area contributed by atoms with Gasteiger partial charge in [-0.3, -0.25) is 0 Å². The number of carbonyl (C=O) groups excluding carboxylic acids is 1. The summed E-state index contributed by atoms with van der Waals surface area (Å²) in [5, 5.41) is 0.912. The lowest BCUT2D eigenvalue weighted by atomic mass is 10.0. The van der Waals surface area contributed by atoms with E-state index in [9.17, 15) is 9.59 Å². The quantitative estimate of drug-likeness (QED) is 0.580. The van der Waals surface area contributed by atoms with Gasteiger partial charge in [0.25, 0.3) is 0 Å². The first-order valence-corrected chi connectivity index (χ1v) is 8.62. The van der Waals surface area contributed by atoms with Gasteiger partial charge in [-0.15, -0.1) is 0 Å². The smallest absolute Gasteiger partial charge is 0.344 e. The van der Waals surface area contributed by atoms with E-state index in [-0.39, 0.29) is 12.2 Å². The molecule has 1 heterocycles. The van der Waals surface area contributed by atoms with E-state index in [4.69, 9.17) is 13.9 Å². The van der Waals surface area contributed by atoms with Gasteiger partial charge in [-0.05, 0) is 58.2 Å². The predicted molar refractivity (Wildman–Crippen MR) is 97.2 cm³/mol. The van der Waals surface area contributed by atoms with Crippen molar-refractivity contribution in [2.45, 2.75) is 59.5 Å². The van der Waals surface area contributed by atoms with Crippen molar-refractivity contribution in [2.75, 3.05) is 6.61 Å². The summed E-state index contributed by atoms with van der Waals surface area (Å²) in [6, 6.07) is 5.23. The zero-order valence-corrected chi connectivity index (χ0v) is 15.6. The first-order chi connectivity index (χ1) is 11.7. The Morgan fingerprint density at radius 3 is 2.60 bits per heavy atom. The van der Waals surface area contributed by atoms with E-state index < -0.39 is 11.6 Å². The lowest BCUT2D eigenvalue weighted by molar-refractivity contribution is -0.157. The van der Waals surface area contributed by atoms with Gasteiger partial charge in [-0.25, -0.2) is 9.59 Å². The van der Waals surface area contributed by atoms with E-state index in [1.54, 1.807) is 32.9 Å². The molecule has 2 aromatic rings. The van der Waals surface area contributed by atoms with Crippen molar-refractivity contribution in [2.24, 2.45) is 0 Å². The van der Waals surface area contributed by atoms with Gasteiger partial charge in [0.2, 0.25) is 0 Å². The van der Waals surface area contributed by atoms with Crippen LogP contribution in [0.2, 0.25) is 0 Å². The van der Waals surface area contributed by atoms with Crippen LogP contribution in [0.25, 0.3) is 11.0 Å². The van der Waals surface area contributed by atoms with Gasteiger partial charge >= 0.3 is 11.6 Å². The molecule has 1 aromatic heterocycles. The van der Waals surface area contributed by atoms with Crippen LogP contribution in [0.1, 0.15) is 51.7 Å². The van der Waals surface area contributed by atoms with Crippen molar-refractivity contribution in [1.29, 1.82) is 0 Å². The molecule has 0 aliphatic rings. The molecular formula is C20H26O5. The summed E-state index contributed by atoms with van der Waals surface area (Å²) >= 11 is 0. The van der Waals surface area contributed by atoms with Crippen LogP contribution in [0.5, 0.6) is 5.75 Å². The van der Waals surface area contributed by atoms with E-state index in [2.05, 4.69) is 6.92 Å². The van der Waals surface area contributed by atoms with E-state index in [1.165, 1.54) is 0 Å². The summed E-state index contributed by atoms with van der Waals surface area (Å²) in [6.45, 7) is 9.15. The third kappa shape index (κ3) is 5.08. The molecular weight excluding hydrogens is 320 g/mol. The maximum absolute atomic E-state index is 11.9. The van der Waals surface area contributed by atoms with Crippen LogP contribution in [0.4, 0.5) is 0 Å². The highest BCUT2D eigenvalue weighted by Gasteiger charge is 2.18. The highest BCUT2D eigenvalue weighted by Crippen LogP contribution is 2.29. The summed E-state index contributed by atoms with van der Waals surface area (Å²) in [5.74, 6) is 0.0688. The molecule has 136 valence electrons. The van der Waals surface area contributed by atoms with Crippen molar-refractivity contribution in [3.8, 4) is 5.75 Å². The number of carbonyl (C=O) groups is 1. The van der Waals surface area contributed by atoms with Gasteiger partial charge in [-0.2, -0.15) is 0 Å². The fourth-order valence-electron chi connectivity index (χ4n) is 2.65. The number of rotatable bonds is 6. The first-order valence-electron chi connectivity index (χ1n) is 8.62. The van der Waals surface area contributed by atoms with Crippen LogP contribution in [0.15, 0.2) is 27.4 Å². The molecule has 0 saturated heterocycles. The van der Waals surface area contributed by atoms with Crippen molar-refractivity contribution in [3.63, 3.8) is 0 Å². The largest absolute Gasteiger partial charge is 0.481 e. The fraction of sp³-hybridized carbons (Fsp3) is 0.500. The lowest BCUT2D eigenvalue weighted by Crippen LogP contribution is -2.27. The maximum atomic E-state index is 11.9. The Morgan fingerprint density at radius 1 is 1.24 bits per heavy atom. The van der Waals surface area contributed by atoms with Gasteiger partial charge in [0.15, 0.2) is 6.61 Å².